The predicted molar refractivity (Wildman–Crippen MR) is 223 cm³/mol. The molecule has 2 fully saturated rings. The lowest BCUT2D eigenvalue weighted by Gasteiger charge is -2.28. The largest absolute Gasteiger partial charge is 0.344 e. The van der Waals surface area contributed by atoms with Crippen LogP contribution >= 0.6 is 0 Å². The molecule has 6 rings (SSSR count). The van der Waals surface area contributed by atoms with E-state index < -0.39 is 17.8 Å². The first-order valence-electron chi connectivity index (χ1n) is 20.1. The lowest BCUT2D eigenvalue weighted by Crippen LogP contribution is -2.32. The normalized spacial score (nSPS) is 22.5. The molecule has 0 spiro atoms. The quantitative estimate of drug-likeness (QED) is 0.159. The molecule has 0 atom stereocenters. The van der Waals surface area contributed by atoms with Crippen molar-refractivity contribution < 1.29 is 19.2 Å². The number of anilines is 2. The molecule has 2 aromatic carbocycles. The van der Waals surface area contributed by atoms with Gasteiger partial charge in [-0.1, -0.05) is 88.1 Å². The molecule has 0 aromatic heterocycles. The van der Waals surface area contributed by atoms with E-state index in [9.17, 15) is 14.4 Å². The predicted octanol–water partition coefficient (Wildman–Crippen LogP) is 9.67. The number of amides is 2. The van der Waals surface area contributed by atoms with Crippen LogP contribution in [0, 0.1) is 27.7 Å². The molecule has 8 heteroatoms. The number of hydroxylamine groups is 2. The van der Waals surface area contributed by atoms with Gasteiger partial charge in [-0.3, -0.25) is 14.6 Å². The fourth-order valence-corrected chi connectivity index (χ4v) is 8.46. The molecular weight excluding hydrogens is 685 g/mol. The highest BCUT2D eigenvalue weighted by Gasteiger charge is 2.41. The Bertz CT molecular complexity index is 1870. The number of unbranched alkanes of at least 4 members (excludes halogenated alkanes) is 2. The van der Waals surface area contributed by atoms with Gasteiger partial charge in [-0.25, -0.2) is 4.79 Å². The average Bonchev–Trinajstić information content (AvgIpc) is 3.65. The first-order valence-corrected chi connectivity index (χ1v) is 20.1. The number of aliphatic imine (C=N–C) groups is 1. The topological polar surface area (TPSA) is 82.5 Å². The monoisotopic (exact) mass is 742 g/mol. The summed E-state index contributed by atoms with van der Waals surface area (Å²) < 4.78 is 0. The van der Waals surface area contributed by atoms with Gasteiger partial charge in [0.1, 0.15) is 0 Å². The second-order valence-electron chi connectivity index (χ2n) is 16.4. The van der Waals surface area contributed by atoms with Crippen LogP contribution in [0.15, 0.2) is 88.2 Å². The molecule has 0 N–H and O–H groups in total. The summed E-state index contributed by atoms with van der Waals surface area (Å²) in [5.41, 5.74) is 12.9. The van der Waals surface area contributed by atoms with Gasteiger partial charge in [0.05, 0.1) is 18.7 Å². The highest BCUT2D eigenvalue weighted by molar-refractivity contribution is 6.13. The molecule has 292 valence electrons. The Morgan fingerprint density at radius 2 is 1.22 bits per heavy atom. The number of hydrogen-bond donors (Lipinski definition) is 0. The third-order valence-corrected chi connectivity index (χ3v) is 11.5. The maximum Gasteiger partial charge on any atom is 0.335 e. The highest BCUT2D eigenvalue weighted by Crippen LogP contribution is 2.49. The van der Waals surface area contributed by atoms with Crippen LogP contribution in [-0.4, -0.2) is 48.2 Å². The Morgan fingerprint density at radius 3 is 1.67 bits per heavy atom. The Kier molecular flexibility index (Phi) is 12.0. The zero-order chi connectivity index (χ0) is 39.5. The van der Waals surface area contributed by atoms with Gasteiger partial charge in [0, 0.05) is 59.5 Å². The molecule has 1 aliphatic carbocycles. The smallest absolute Gasteiger partial charge is 0.335 e. The molecule has 3 aliphatic heterocycles. The van der Waals surface area contributed by atoms with Crippen LogP contribution in [0.4, 0.5) is 11.4 Å². The molecule has 0 bridgehead atoms. The van der Waals surface area contributed by atoms with Crippen LogP contribution in [-0.2, 0) is 30.1 Å². The molecule has 1 saturated carbocycles. The van der Waals surface area contributed by atoms with E-state index in [2.05, 4.69) is 126 Å². The SMILES string of the molecule is [CH2-]CCCN1C(=CC=C2CCC/C(=C\C=C3/N(CCC[CH2-])c4ccc(C)cc4C3(C)C)C2=NCCC(=O)ON2C(=O)CCC2=O)C(C)(C)c2cc(C)ccc21. The Hall–Kier alpha value is -4.72. The van der Waals surface area contributed by atoms with Gasteiger partial charge in [-0.15, -0.1) is 5.06 Å². The van der Waals surface area contributed by atoms with Crippen molar-refractivity contribution in [2.45, 2.75) is 117 Å². The number of imide groups is 1. The highest BCUT2D eigenvalue weighted by atomic mass is 16.7. The van der Waals surface area contributed by atoms with E-state index in [1.54, 1.807) is 0 Å². The molecule has 1 saturated heterocycles. The van der Waals surface area contributed by atoms with Gasteiger partial charge in [-0.05, 0) is 79.7 Å². The lowest BCUT2D eigenvalue weighted by molar-refractivity contribution is -0.197. The number of fused-ring (bicyclic) bond motifs is 2. The van der Waals surface area contributed by atoms with E-state index in [0.717, 1.165) is 74.9 Å². The standard InChI is InChI=1S/C47H58N4O4/c1-9-11-28-49-38-20-16-32(3)30-36(38)46(5,6)40(49)22-18-34-14-13-15-35(45(34)48-27-26-44(54)55-51-42(52)24-25-43(51)53)19-23-41-47(7,8)37-31-33(4)17-21-39(37)50(41)29-12-10-2/h16-23,30-31H,1-2,9-15,24-29H2,3-8H3/q-2/b34-18+,35-19?,40-22-,41-23?,48-45?. The van der Waals surface area contributed by atoms with Gasteiger partial charge < -0.3 is 28.5 Å². The molecule has 3 heterocycles. The third kappa shape index (κ3) is 8.15. The van der Waals surface area contributed by atoms with Gasteiger partial charge >= 0.3 is 5.97 Å². The van der Waals surface area contributed by atoms with Crippen molar-refractivity contribution in [1.29, 1.82) is 0 Å². The second-order valence-corrected chi connectivity index (χ2v) is 16.4. The van der Waals surface area contributed by atoms with E-state index >= 15 is 0 Å². The van der Waals surface area contributed by atoms with E-state index in [0.29, 0.717) is 5.06 Å². The van der Waals surface area contributed by atoms with Crippen molar-refractivity contribution in [2.75, 3.05) is 29.4 Å². The fraction of sp³-hybridized carbons (Fsp3) is 0.447. The Morgan fingerprint density at radius 1 is 0.745 bits per heavy atom. The summed E-state index contributed by atoms with van der Waals surface area (Å²) in [4.78, 5) is 52.2. The maximum absolute atomic E-state index is 12.8. The Labute approximate surface area is 328 Å². The van der Waals surface area contributed by atoms with Crippen LogP contribution in [0.2, 0.25) is 0 Å². The van der Waals surface area contributed by atoms with E-state index in [-0.39, 0.29) is 36.6 Å². The fourth-order valence-electron chi connectivity index (χ4n) is 8.46. The van der Waals surface area contributed by atoms with Crippen LogP contribution in [0.3, 0.4) is 0 Å². The van der Waals surface area contributed by atoms with Gasteiger partial charge in [0.2, 0.25) is 0 Å². The number of carbonyl (C=O) groups excluding carboxylic acids is 3. The van der Waals surface area contributed by atoms with Crippen LogP contribution in [0.5, 0.6) is 0 Å². The van der Waals surface area contributed by atoms with Crippen molar-refractivity contribution in [3.8, 4) is 0 Å². The number of allylic oxidation sites excluding steroid dienone is 8. The lowest BCUT2D eigenvalue weighted by atomic mass is 9.82. The Balaban J connectivity index is 1.38. The molecule has 2 aromatic rings. The van der Waals surface area contributed by atoms with Crippen molar-refractivity contribution in [3.05, 3.63) is 119 Å². The number of aryl methyl sites for hydroxylation is 2. The van der Waals surface area contributed by atoms with Crippen LogP contribution < -0.4 is 9.80 Å². The van der Waals surface area contributed by atoms with Crippen molar-refractivity contribution >= 4 is 34.9 Å². The first kappa shape index (κ1) is 40.0. The van der Waals surface area contributed by atoms with E-state index in [1.165, 1.54) is 45.0 Å². The maximum atomic E-state index is 12.8. The number of hydrogen-bond acceptors (Lipinski definition) is 7. The van der Waals surface area contributed by atoms with Gasteiger partial charge in [0.15, 0.2) is 0 Å². The van der Waals surface area contributed by atoms with Crippen LogP contribution in [0.1, 0.15) is 114 Å². The summed E-state index contributed by atoms with van der Waals surface area (Å²) in [5.74, 6) is -1.62. The van der Waals surface area contributed by atoms with Crippen molar-refractivity contribution in [1.82, 2.24) is 5.06 Å². The van der Waals surface area contributed by atoms with E-state index in [4.69, 9.17) is 9.83 Å². The van der Waals surface area contributed by atoms with Gasteiger partial charge in [-0.2, -0.15) is 12.8 Å². The first-order chi connectivity index (χ1) is 26.3. The number of benzene rings is 2. The molecule has 8 nitrogen and oxygen atoms in total. The number of rotatable bonds is 12. The van der Waals surface area contributed by atoms with Crippen molar-refractivity contribution in [3.63, 3.8) is 0 Å². The minimum Gasteiger partial charge on any atom is -0.344 e. The summed E-state index contributed by atoms with van der Waals surface area (Å²) in [7, 11) is 0. The molecule has 55 heavy (non-hydrogen) atoms. The molecule has 0 radical (unpaired) electrons. The van der Waals surface area contributed by atoms with Gasteiger partial charge in [0.25, 0.3) is 11.8 Å². The molecule has 4 aliphatic rings. The number of carbonyl (C=O) groups is 3. The summed E-state index contributed by atoms with van der Waals surface area (Å²) in [6.07, 6.45) is 15.5. The zero-order valence-electron chi connectivity index (χ0n) is 33.8. The van der Waals surface area contributed by atoms with Crippen molar-refractivity contribution in [2.24, 2.45) is 4.99 Å². The third-order valence-electron chi connectivity index (χ3n) is 11.5. The average molecular weight is 743 g/mol. The minimum absolute atomic E-state index is 0.0512. The minimum atomic E-state index is -0.646. The molecular formula is C47H58N4O4-2. The summed E-state index contributed by atoms with van der Waals surface area (Å²) in [6.45, 7) is 23.7. The van der Waals surface area contributed by atoms with Crippen LogP contribution in [0.25, 0.3) is 0 Å². The summed E-state index contributed by atoms with van der Waals surface area (Å²) in [6, 6.07) is 13.5. The summed E-state index contributed by atoms with van der Waals surface area (Å²) >= 11 is 0. The molecule has 2 amide bonds. The molecule has 0 unspecified atom stereocenters. The summed E-state index contributed by atoms with van der Waals surface area (Å²) in [5, 5.41) is 0.609. The van der Waals surface area contributed by atoms with E-state index in [1.807, 2.05) is 0 Å². The zero-order valence-corrected chi connectivity index (χ0v) is 33.8. The number of nitrogens with zero attached hydrogens (tertiary/aromatic N) is 4. The second kappa shape index (κ2) is 16.6.